The van der Waals surface area contributed by atoms with E-state index in [2.05, 4.69) is 68.6 Å². The van der Waals surface area contributed by atoms with Crippen molar-refractivity contribution in [3.63, 3.8) is 0 Å². The molecule has 0 saturated carbocycles. The van der Waals surface area contributed by atoms with Gasteiger partial charge in [0.2, 0.25) is 0 Å². The summed E-state index contributed by atoms with van der Waals surface area (Å²) in [6.45, 7) is 7.95. The highest BCUT2D eigenvalue weighted by Gasteiger charge is 2.27. The van der Waals surface area contributed by atoms with Crippen LogP contribution in [-0.4, -0.2) is 12.1 Å². The van der Waals surface area contributed by atoms with Gasteiger partial charge in [0.1, 0.15) is 0 Å². The van der Waals surface area contributed by atoms with Crippen LogP contribution in [0.5, 0.6) is 0 Å². The molecule has 0 fully saturated rings. The second-order valence-corrected chi connectivity index (χ2v) is 10.7. The van der Waals surface area contributed by atoms with Crippen LogP contribution in [0.15, 0.2) is 36.4 Å². The molecule has 0 aliphatic heterocycles. The first-order valence-corrected chi connectivity index (χ1v) is 15.2. The molecule has 0 aliphatic carbocycles. The van der Waals surface area contributed by atoms with Gasteiger partial charge in [-0.2, -0.15) is 0 Å². The second kappa shape index (κ2) is 24.9. The minimum atomic E-state index is 0. The molecule has 0 radical (unpaired) electrons. The Morgan fingerprint density at radius 2 is 0.971 bits per heavy atom. The molecule has 1 rings (SSSR count). The average Bonchev–Trinajstić information content (AvgIpc) is 2.86. The number of hydrogen-bond acceptors (Lipinski definition) is 1. The van der Waals surface area contributed by atoms with Crippen LogP contribution in [0.1, 0.15) is 155 Å². The first-order valence-electron chi connectivity index (χ1n) is 15.2. The lowest BCUT2D eigenvalue weighted by atomic mass is 9.81. The molecule has 35 heavy (non-hydrogen) atoms. The fourth-order valence-electron chi connectivity index (χ4n) is 5.23. The largest absolute Gasteiger partial charge is 0.308 e. The van der Waals surface area contributed by atoms with Gasteiger partial charge in [0.05, 0.1) is 0 Å². The molecule has 0 saturated heterocycles. The Kier molecular flexibility index (Phi) is 24.3. The number of nitrogens with one attached hydrogen (secondary N) is 1. The van der Waals surface area contributed by atoms with Gasteiger partial charge in [0, 0.05) is 12.1 Å². The zero-order valence-electron chi connectivity index (χ0n) is 23.8. The molecular weight excluding hydrogens is 446 g/mol. The number of hydrogen-bond donors (Lipinski definition) is 1. The maximum atomic E-state index is 4.11. The van der Waals surface area contributed by atoms with Crippen LogP contribution in [-0.2, 0) is 0 Å². The predicted octanol–water partition coefficient (Wildman–Crippen LogP) is 11.3. The van der Waals surface area contributed by atoms with E-state index in [1.807, 2.05) is 0 Å². The summed E-state index contributed by atoms with van der Waals surface area (Å²) in [5.74, 6) is 0. The van der Waals surface area contributed by atoms with E-state index in [4.69, 9.17) is 0 Å². The minimum absolute atomic E-state index is 0. The van der Waals surface area contributed by atoms with E-state index < -0.39 is 0 Å². The van der Waals surface area contributed by atoms with Crippen LogP contribution in [0, 0.1) is 0 Å². The minimum Gasteiger partial charge on any atom is -0.308 e. The molecule has 0 bridgehead atoms. The monoisotopic (exact) mass is 505 g/mol. The lowest BCUT2D eigenvalue weighted by Crippen LogP contribution is -2.45. The Hall–Kier alpha value is -0.790. The van der Waals surface area contributed by atoms with Crippen LogP contribution in [0.4, 0.5) is 0 Å². The number of halogens is 1. The van der Waals surface area contributed by atoms with Gasteiger partial charge >= 0.3 is 0 Å². The third-order valence-corrected chi connectivity index (χ3v) is 7.48. The van der Waals surface area contributed by atoms with Gasteiger partial charge in [0.15, 0.2) is 0 Å². The summed E-state index contributed by atoms with van der Waals surface area (Å²) in [6, 6.07) is 10.8. The van der Waals surface area contributed by atoms with Crippen molar-refractivity contribution in [3.05, 3.63) is 42.0 Å². The Morgan fingerprint density at radius 1 is 0.571 bits per heavy atom. The lowest BCUT2D eigenvalue weighted by molar-refractivity contribution is 0.244. The molecule has 0 heterocycles. The number of unbranched alkanes of at least 4 members (excludes halogenated alkanes) is 14. The fourth-order valence-corrected chi connectivity index (χ4v) is 5.23. The summed E-state index contributed by atoms with van der Waals surface area (Å²) in [6.07, 6.45) is 32.5. The molecule has 204 valence electrons. The Morgan fingerprint density at radius 3 is 1.40 bits per heavy atom. The van der Waals surface area contributed by atoms with E-state index in [0.29, 0.717) is 5.54 Å². The second-order valence-electron chi connectivity index (χ2n) is 10.7. The standard InChI is InChI=1S/C33H59N.ClH/c1-4-7-10-13-16-22-29-33(28-21-15-12-9-6-3,30-23-17-14-11-8-5-2)34-31-24-27-32-25-19-18-20-26-32;/h18-20,24-27,34H,4-17,21-23,28-31H2,1-3H3;1H. The van der Waals surface area contributed by atoms with Gasteiger partial charge in [0.25, 0.3) is 0 Å². The van der Waals surface area contributed by atoms with Crippen molar-refractivity contribution in [2.24, 2.45) is 0 Å². The van der Waals surface area contributed by atoms with Crippen LogP contribution in [0.2, 0.25) is 0 Å². The van der Waals surface area contributed by atoms with Gasteiger partial charge in [-0.1, -0.05) is 172 Å². The molecule has 0 spiro atoms. The maximum Gasteiger partial charge on any atom is 0.0184 e. The SMILES string of the molecule is CCCCCCCCC(CCCCCCC)(CCCCCCCC)NCC=Cc1ccccc1.Cl. The van der Waals surface area contributed by atoms with E-state index in [-0.39, 0.29) is 12.4 Å². The summed E-state index contributed by atoms with van der Waals surface area (Å²) in [5.41, 5.74) is 1.64. The number of rotatable bonds is 24. The molecule has 0 atom stereocenters. The van der Waals surface area contributed by atoms with Crippen LogP contribution >= 0.6 is 12.4 Å². The van der Waals surface area contributed by atoms with Crippen molar-refractivity contribution in [3.8, 4) is 0 Å². The molecule has 1 aromatic rings. The maximum absolute atomic E-state index is 4.11. The zero-order valence-corrected chi connectivity index (χ0v) is 24.6. The molecule has 0 unspecified atom stereocenters. The highest BCUT2D eigenvalue weighted by atomic mass is 35.5. The first-order chi connectivity index (χ1) is 16.8. The quantitative estimate of drug-likeness (QED) is 0.138. The lowest BCUT2D eigenvalue weighted by Gasteiger charge is -2.36. The molecule has 0 amide bonds. The van der Waals surface area contributed by atoms with Crippen LogP contribution < -0.4 is 5.32 Å². The Labute approximate surface area is 226 Å². The summed E-state index contributed by atoms with van der Waals surface area (Å²) in [4.78, 5) is 0. The molecule has 1 aromatic carbocycles. The molecule has 2 heteroatoms. The molecule has 1 nitrogen and oxygen atoms in total. The third-order valence-electron chi connectivity index (χ3n) is 7.48. The highest BCUT2D eigenvalue weighted by molar-refractivity contribution is 5.85. The van der Waals surface area contributed by atoms with Crippen LogP contribution in [0.3, 0.4) is 0 Å². The van der Waals surface area contributed by atoms with Crippen molar-refractivity contribution in [1.82, 2.24) is 5.32 Å². The summed E-state index contributed by atoms with van der Waals surface area (Å²) in [5, 5.41) is 4.11. The smallest absolute Gasteiger partial charge is 0.0184 e. The van der Waals surface area contributed by atoms with Crippen molar-refractivity contribution in [1.29, 1.82) is 0 Å². The Balaban J connectivity index is 0.0000116. The van der Waals surface area contributed by atoms with Gasteiger partial charge in [-0.3, -0.25) is 0 Å². The molecule has 0 aliphatic rings. The van der Waals surface area contributed by atoms with Crippen molar-refractivity contribution in [2.75, 3.05) is 6.54 Å². The molecule has 0 aromatic heterocycles. The Bertz CT molecular complexity index is 552. The summed E-state index contributed by atoms with van der Waals surface area (Å²) in [7, 11) is 0. The van der Waals surface area contributed by atoms with Gasteiger partial charge in [-0.15, -0.1) is 12.4 Å². The fraction of sp³-hybridized carbons (Fsp3) is 0.758. The van der Waals surface area contributed by atoms with E-state index in [0.717, 1.165) is 6.54 Å². The van der Waals surface area contributed by atoms with E-state index in [9.17, 15) is 0 Å². The highest BCUT2D eigenvalue weighted by Crippen LogP contribution is 2.29. The van der Waals surface area contributed by atoms with Gasteiger partial charge in [-0.25, -0.2) is 0 Å². The zero-order chi connectivity index (χ0) is 24.6. The van der Waals surface area contributed by atoms with Crippen LogP contribution in [0.25, 0.3) is 6.08 Å². The topological polar surface area (TPSA) is 12.0 Å². The first kappa shape index (κ1) is 34.2. The van der Waals surface area contributed by atoms with E-state index in [1.165, 1.54) is 134 Å². The predicted molar refractivity (Wildman–Crippen MR) is 163 cm³/mol. The van der Waals surface area contributed by atoms with Crippen molar-refractivity contribution >= 4 is 18.5 Å². The van der Waals surface area contributed by atoms with Gasteiger partial charge in [-0.05, 0) is 24.8 Å². The van der Waals surface area contributed by atoms with E-state index >= 15 is 0 Å². The van der Waals surface area contributed by atoms with Gasteiger partial charge < -0.3 is 5.32 Å². The molecular formula is C33H60ClN. The molecule has 1 N–H and O–H groups in total. The average molecular weight is 506 g/mol. The summed E-state index contributed by atoms with van der Waals surface area (Å²) >= 11 is 0. The normalized spacial score (nSPS) is 11.7. The van der Waals surface area contributed by atoms with Crippen molar-refractivity contribution < 1.29 is 0 Å². The van der Waals surface area contributed by atoms with Crippen molar-refractivity contribution in [2.45, 2.75) is 155 Å². The number of benzene rings is 1. The summed E-state index contributed by atoms with van der Waals surface area (Å²) < 4.78 is 0. The van der Waals surface area contributed by atoms with E-state index in [1.54, 1.807) is 0 Å². The third kappa shape index (κ3) is 19.0.